The van der Waals surface area contributed by atoms with Crippen LogP contribution in [-0.4, -0.2) is 17.1 Å². The van der Waals surface area contributed by atoms with Crippen LogP contribution in [0.25, 0.3) is 22.3 Å². The number of fused-ring (bicyclic) bond motifs is 1. The van der Waals surface area contributed by atoms with Crippen molar-refractivity contribution < 1.29 is 4.74 Å². The molecular formula is C16H10ClN3O. The van der Waals surface area contributed by atoms with Crippen LogP contribution in [0.5, 0.6) is 5.75 Å². The van der Waals surface area contributed by atoms with Gasteiger partial charge in [-0.05, 0) is 30.3 Å². The van der Waals surface area contributed by atoms with E-state index < -0.39 is 0 Å². The summed E-state index contributed by atoms with van der Waals surface area (Å²) in [5, 5.41) is 10.2. The number of aromatic nitrogens is 2. The maximum absolute atomic E-state index is 9.04. The molecule has 0 saturated heterocycles. The monoisotopic (exact) mass is 295 g/mol. The van der Waals surface area contributed by atoms with Crippen LogP contribution in [0, 0.1) is 11.3 Å². The molecule has 21 heavy (non-hydrogen) atoms. The van der Waals surface area contributed by atoms with Gasteiger partial charge in [0.1, 0.15) is 10.9 Å². The summed E-state index contributed by atoms with van der Waals surface area (Å²) in [7, 11) is 1.56. The molecular weight excluding hydrogens is 286 g/mol. The predicted octanol–water partition coefficient (Wildman–Crippen LogP) is 3.83. The minimum atomic E-state index is 0.375. The summed E-state index contributed by atoms with van der Waals surface area (Å²) >= 11 is 6.22. The second-order valence-corrected chi connectivity index (χ2v) is 4.74. The Morgan fingerprint density at radius 1 is 1.14 bits per heavy atom. The Hall–Kier alpha value is -2.64. The molecule has 1 heterocycles. The molecule has 0 aliphatic rings. The van der Waals surface area contributed by atoms with Gasteiger partial charge in [-0.25, -0.2) is 9.97 Å². The Bertz CT molecular complexity index is 871. The minimum absolute atomic E-state index is 0.375. The summed E-state index contributed by atoms with van der Waals surface area (Å²) in [5.74, 6) is 1.04. The van der Waals surface area contributed by atoms with E-state index in [0.717, 1.165) is 10.9 Å². The number of benzene rings is 2. The first-order valence-electron chi connectivity index (χ1n) is 6.23. The average Bonchev–Trinajstić information content (AvgIpc) is 2.54. The van der Waals surface area contributed by atoms with Crippen LogP contribution >= 0.6 is 11.6 Å². The number of halogens is 1. The van der Waals surface area contributed by atoms with Crippen LogP contribution < -0.4 is 4.74 Å². The first-order valence-corrected chi connectivity index (χ1v) is 6.61. The maximum Gasteiger partial charge on any atom is 0.165 e. The average molecular weight is 296 g/mol. The topological polar surface area (TPSA) is 58.8 Å². The first-order chi connectivity index (χ1) is 10.2. The van der Waals surface area contributed by atoms with Gasteiger partial charge in [-0.3, -0.25) is 0 Å². The molecule has 0 saturated carbocycles. The third kappa shape index (κ3) is 2.39. The number of rotatable bonds is 2. The summed E-state index contributed by atoms with van der Waals surface area (Å²) in [4.78, 5) is 8.83. The Morgan fingerprint density at radius 2 is 1.95 bits per heavy atom. The van der Waals surface area contributed by atoms with Gasteiger partial charge in [-0.15, -0.1) is 0 Å². The van der Waals surface area contributed by atoms with Crippen LogP contribution in [0.2, 0.25) is 5.15 Å². The number of nitriles is 1. The molecule has 0 unspecified atom stereocenters. The number of para-hydroxylation sites is 1. The zero-order chi connectivity index (χ0) is 14.8. The van der Waals surface area contributed by atoms with E-state index in [4.69, 9.17) is 21.6 Å². The SMILES string of the molecule is COc1ccc(C#N)cc1-c1nc(Cl)c2ccccc2n1. The second-order valence-electron chi connectivity index (χ2n) is 4.38. The van der Waals surface area contributed by atoms with Gasteiger partial charge >= 0.3 is 0 Å². The summed E-state index contributed by atoms with van der Waals surface area (Å²) in [6, 6.07) is 14.7. The predicted molar refractivity (Wildman–Crippen MR) is 81.3 cm³/mol. The quantitative estimate of drug-likeness (QED) is 0.674. The summed E-state index contributed by atoms with van der Waals surface area (Å²) < 4.78 is 5.32. The number of hydrogen-bond donors (Lipinski definition) is 0. The lowest BCUT2D eigenvalue weighted by atomic mass is 10.1. The number of methoxy groups -OCH3 is 1. The minimum Gasteiger partial charge on any atom is -0.496 e. The van der Waals surface area contributed by atoms with E-state index in [1.165, 1.54) is 0 Å². The summed E-state index contributed by atoms with van der Waals surface area (Å²) in [6.45, 7) is 0. The second kappa shape index (κ2) is 5.39. The van der Waals surface area contributed by atoms with Crippen molar-refractivity contribution in [3.63, 3.8) is 0 Å². The van der Waals surface area contributed by atoms with Crippen molar-refractivity contribution in [1.82, 2.24) is 9.97 Å². The third-order valence-corrected chi connectivity index (χ3v) is 3.41. The normalized spacial score (nSPS) is 10.3. The molecule has 0 aliphatic heterocycles. The molecule has 0 atom stereocenters. The Balaban J connectivity index is 2.27. The highest BCUT2D eigenvalue weighted by molar-refractivity contribution is 6.34. The lowest BCUT2D eigenvalue weighted by Gasteiger charge is -2.09. The molecule has 0 spiro atoms. The van der Waals surface area contributed by atoms with Gasteiger partial charge in [-0.2, -0.15) is 5.26 Å². The van der Waals surface area contributed by atoms with Crippen molar-refractivity contribution in [3.8, 4) is 23.2 Å². The van der Waals surface area contributed by atoms with Crippen LogP contribution in [0.3, 0.4) is 0 Å². The number of ether oxygens (including phenoxy) is 1. The molecule has 0 fully saturated rings. The van der Waals surface area contributed by atoms with Crippen molar-refractivity contribution in [2.75, 3.05) is 7.11 Å². The molecule has 0 radical (unpaired) electrons. The zero-order valence-electron chi connectivity index (χ0n) is 11.2. The first kappa shape index (κ1) is 13.3. The van der Waals surface area contributed by atoms with Crippen molar-refractivity contribution in [2.24, 2.45) is 0 Å². The zero-order valence-corrected chi connectivity index (χ0v) is 11.9. The molecule has 0 N–H and O–H groups in total. The number of hydrogen-bond acceptors (Lipinski definition) is 4. The van der Waals surface area contributed by atoms with Crippen LogP contribution in [0.4, 0.5) is 0 Å². The van der Waals surface area contributed by atoms with Gasteiger partial charge in [0.05, 0.1) is 29.8 Å². The van der Waals surface area contributed by atoms with Crippen molar-refractivity contribution in [2.45, 2.75) is 0 Å². The smallest absolute Gasteiger partial charge is 0.165 e. The third-order valence-electron chi connectivity index (χ3n) is 3.13. The highest BCUT2D eigenvalue weighted by Gasteiger charge is 2.13. The van der Waals surface area contributed by atoms with Gasteiger partial charge in [0.25, 0.3) is 0 Å². The fraction of sp³-hybridized carbons (Fsp3) is 0.0625. The van der Waals surface area contributed by atoms with E-state index >= 15 is 0 Å². The molecule has 3 rings (SSSR count). The van der Waals surface area contributed by atoms with Gasteiger partial charge < -0.3 is 4.74 Å². The van der Waals surface area contributed by atoms with E-state index in [1.807, 2.05) is 24.3 Å². The van der Waals surface area contributed by atoms with E-state index in [1.54, 1.807) is 25.3 Å². The van der Waals surface area contributed by atoms with Gasteiger partial charge in [0.15, 0.2) is 5.82 Å². The van der Waals surface area contributed by atoms with Crippen LogP contribution in [-0.2, 0) is 0 Å². The number of nitrogens with zero attached hydrogens (tertiary/aromatic N) is 3. The molecule has 2 aromatic carbocycles. The molecule has 102 valence electrons. The molecule has 5 heteroatoms. The highest BCUT2D eigenvalue weighted by atomic mass is 35.5. The largest absolute Gasteiger partial charge is 0.496 e. The van der Waals surface area contributed by atoms with Crippen molar-refractivity contribution in [1.29, 1.82) is 5.26 Å². The summed E-state index contributed by atoms with van der Waals surface area (Å²) in [6.07, 6.45) is 0. The lowest BCUT2D eigenvalue weighted by molar-refractivity contribution is 0.416. The standard InChI is InChI=1S/C16H10ClN3O/c1-21-14-7-6-10(9-18)8-12(14)16-19-13-5-3-2-4-11(13)15(17)20-16/h2-8H,1H3. The molecule has 4 nitrogen and oxygen atoms in total. The van der Waals surface area contributed by atoms with E-state index in [0.29, 0.717) is 27.9 Å². The fourth-order valence-corrected chi connectivity index (χ4v) is 2.35. The van der Waals surface area contributed by atoms with Gasteiger partial charge in [-0.1, -0.05) is 23.7 Å². The molecule has 1 aromatic heterocycles. The molecule has 0 aliphatic carbocycles. The van der Waals surface area contributed by atoms with Crippen molar-refractivity contribution >= 4 is 22.5 Å². The summed E-state index contributed by atoms with van der Waals surface area (Å²) in [5.41, 5.74) is 1.90. The molecule has 0 amide bonds. The lowest BCUT2D eigenvalue weighted by Crippen LogP contribution is -1.95. The van der Waals surface area contributed by atoms with E-state index in [9.17, 15) is 0 Å². The van der Waals surface area contributed by atoms with Crippen LogP contribution in [0.1, 0.15) is 5.56 Å². The van der Waals surface area contributed by atoms with Crippen molar-refractivity contribution in [3.05, 3.63) is 53.2 Å². The Kier molecular flexibility index (Phi) is 3.43. The highest BCUT2D eigenvalue weighted by Crippen LogP contribution is 2.31. The maximum atomic E-state index is 9.04. The fourth-order valence-electron chi connectivity index (χ4n) is 2.11. The molecule has 3 aromatic rings. The van der Waals surface area contributed by atoms with Gasteiger partial charge in [0.2, 0.25) is 0 Å². The van der Waals surface area contributed by atoms with E-state index in [-0.39, 0.29) is 0 Å². The Morgan fingerprint density at radius 3 is 2.71 bits per heavy atom. The Labute approximate surface area is 126 Å². The van der Waals surface area contributed by atoms with Crippen LogP contribution in [0.15, 0.2) is 42.5 Å². The van der Waals surface area contributed by atoms with E-state index in [2.05, 4.69) is 16.0 Å². The molecule has 0 bridgehead atoms. The van der Waals surface area contributed by atoms with Gasteiger partial charge in [0, 0.05) is 5.39 Å².